The largest absolute Gasteiger partial charge is 0.496 e. The Hall–Kier alpha value is -1.31. The summed E-state index contributed by atoms with van der Waals surface area (Å²) in [5, 5.41) is 0.292. The Bertz CT molecular complexity index is 617. The maximum absolute atomic E-state index is 12.5. The van der Waals surface area contributed by atoms with Crippen LogP contribution in [0.3, 0.4) is 0 Å². The van der Waals surface area contributed by atoms with Gasteiger partial charge in [0.1, 0.15) is 5.75 Å². The Labute approximate surface area is 129 Å². The highest BCUT2D eigenvalue weighted by Gasteiger charge is 2.28. The van der Waals surface area contributed by atoms with Gasteiger partial charge in [0.25, 0.3) is 0 Å². The van der Waals surface area contributed by atoms with Crippen LogP contribution in [0.4, 0.5) is 0 Å². The number of amides is 1. The molecule has 0 aliphatic rings. The summed E-state index contributed by atoms with van der Waals surface area (Å²) < 4.78 is 31.2. The molecule has 118 valence electrons. The number of nitrogens with zero attached hydrogens (tertiary/aromatic N) is 1. The molecule has 0 aliphatic carbocycles. The van der Waals surface area contributed by atoms with Crippen LogP contribution in [-0.4, -0.2) is 38.3 Å². The van der Waals surface area contributed by atoms with E-state index >= 15 is 0 Å². The van der Waals surface area contributed by atoms with Gasteiger partial charge in [-0.2, -0.15) is 4.31 Å². The van der Waals surface area contributed by atoms with Gasteiger partial charge >= 0.3 is 0 Å². The fourth-order valence-corrected chi connectivity index (χ4v) is 4.00. The van der Waals surface area contributed by atoms with E-state index < -0.39 is 22.0 Å². The Balaban J connectivity index is 3.17. The Morgan fingerprint density at radius 3 is 2.52 bits per heavy atom. The second-order valence-electron chi connectivity index (χ2n) is 4.78. The van der Waals surface area contributed by atoms with Gasteiger partial charge in [-0.05, 0) is 26.0 Å². The quantitative estimate of drug-likeness (QED) is 0.815. The van der Waals surface area contributed by atoms with Gasteiger partial charge in [-0.15, -0.1) is 0 Å². The van der Waals surface area contributed by atoms with Crippen molar-refractivity contribution in [1.29, 1.82) is 0 Å². The normalized spacial score (nSPS) is 11.9. The molecule has 0 spiro atoms. The van der Waals surface area contributed by atoms with Crippen LogP contribution in [0.5, 0.6) is 5.75 Å². The number of carbonyl (C=O) groups excluding carboxylic acids is 1. The maximum atomic E-state index is 12.5. The number of hydrogen-bond acceptors (Lipinski definition) is 4. The van der Waals surface area contributed by atoms with E-state index in [1.54, 1.807) is 32.0 Å². The molecule has 0 aliphatic heterocycles. The van der Waals surface area contributed by atoms with Crippen LogP contribution >= 0.6 is 11.6 Å². The molecule has 0 saturated heterocycles. The van der Waals surface area contributed by atoms with Crippen LogP contribution in [0.1, 0.15) is 19.4 Å². The lowest BCUT2D eigenvalue weighted by Gasteiger charge is -2.25. The standard InChI is InChI=1S/C13H19ClN2O4S/c1-9(2)16(7-13(15)17)21(18,19)8-10-11(14)5-4-6-12(10)20-3/h4-6,9H,7-8H2,1-3H3,(H2,15,17). The zero-order chi connectivity index (χ0) is 16.2. The number of benzene rings is 1. The molecular formula is C13H19ClN2O4S. The van der Waals surface area contributed by atoms with E-state index in [-0.39, 0.29) is 12.3 Å². The first-order chi connectivity index (χ1) is 9.69. The predicted octanol–water partition coefficient (Wildman–Crippen LogP) is 1.37. The molecule has 0 aromatic heterocycles. The number of sulfonamides is 1. The summed E-state index contributed by atoms with van der Waals surface area (Å²) in [6.07, 6.45) is 0. The van der Waals surface area contributed by atoms with Crippen LogP contribution in [-0.2, 0) is 20.6 Å². The van der Waals surface area contributed by atoms with Gasteiger partial charge in [-0.1, -0.05) is 17.7 Å². The van der Waals surface area contributed by atoms with Crippen molar-refractivity contribution in [3.8, 4) is 5.75 Å². The van der Waals surface area contributed by atoms with Gasteiger partial charge in [0.05, 0.1) is 19.4 Å². The zero-order valence-electron chi connectivity index (χ0n) is 12.2. The number of ether oxygens (including phenoxy) is 1. The number of rotatable bonds is 7. The summed E-state index contributed by atoms with van der Waals surface area (Å²) in [6.45, 7) is 2.97. The summed E-state index contributed by atoms with van der Waals surface area (Å²) in [5.74, 6) is -0.686. The molecule has 0 bridgehead atoms. The molecule has 6 nitrogen and oxygen atoms in total. The van der Waals surface area contributed by atoms with E-state index in [0.717, 1.165) is 4.31 Å². The van der Waals surface area contributed by atoms with E-state index in [0.29, 0.717) is 16.3 Å². The monoisotopic (exact) mass is 334 g/mol. The number of methoxy groups -OCH3 is 1. The minimum Gasteiger partial charge on any atom is -0.496 e. The maximum Gasteiger partial charge on any atom is 0.232 e. The molecular weight excluding hydrogens is 316 g/mol. The highest BCUT2D eigenvalue weighted by Crippen LogP contribution is 2.29. The molecule has 21 heavy (non-hydrogen) atoms. The van der Waals surface area contributed by atoms with Crippen molar-refractivity contribution in [2.75, 3.05) is 13.7 Å². The number of carbonyl (C=O) groups is 1. The van der Waals surface area contributed by atoms with E-state index in [4.69, 9.17) is 22.1 Å². The SMILES string of the molecule is COc1cccc(Cl)c1CS(=O)(=O)N(CC(N)=O)C(C)C. The van der Waals surface area contributed by atoms with Crippen LogP contribution in [0.15, 0.2) is 18.2 Å². The molecule has 0 radical (unpaired) electrons. The third kappa shape index (κ3) is 4.59. The molecule has 1 aromatic rings. The number of nitrogens with two attached hydrogens (primary N) is 1. The van der Waals surface area contributed by atoms with E-state index in [1.165, 1.54) is 7.11 Å². The van der Waals surface area contributed by atoms with Crippen molar-refractivity contribution in [3.63, 3.8) is 0 Å². The average molecular weight is 335 g/mol. The fourth-order valence-electron chi connectivity index (χ4n) is 1.89. The number of hydrogen-bond donors (Lipinski definition) is 1. The average Bonchev–Trinajstić information content (AvgIpc) is 2.37. The minimum atomic E-state index is -3.76. The molecule has 0 atom stereocenters. The fraction of sp³-hybridized carbons (Fsp3) is 0.462. The second kappa shape index (κ2) is 7.11. The molecule has 8 heteroatoms. The Morgan fingerprint density at radius 2 is 2.05 bits per heavy atom. The smallest absolute Gasteiger partial charge is 0.232 e. The van der Waals surface area contributed by atoms with Crippen molar-refractivity contribution in [3.05, 3.63) is 28.8 Å². The summed E-state index contributed by atoms with van der Waals surface area (Å²) >= 11 is 6.05. The van der Waals surface area contributed by atoms with Crippen molar-refractivity contribution in [2.24, 2.45) is 5.73 Å². The van der Waals surface area contributed by atoms with Gasteiger partial charge < -0.3 is 10.5 Å². The van der Waals surface area contributed by atoms with Crippen LogP contribution in [0, 0.1) is 0 Å². The van der Waals surface area contributed by atoms with E-state index in [9.17, 15) is 13.2 Å². The lowest BCUT2D eigenvalue weighted by molar-refractivity contribution is -0.118. The molecule has 1 rings (SSSR count). The van der Waals surface area contributed by atoms with Gasteiger partial charge in [-0.3, -0.25) is 4.79 Å². The lowest BCUT2D eigenvalue weighted by Crippen LogP contribution is -2.43. The summed E-state index contributed by atoms with van der Waals surface area (Å²) in [7, 11) is -2.32. The summed E-state index contributed by atoms with van der Waals surface area (Å²) in [5.41, 5.74) is 5.47. The first-order valence-corrected chi connectivity index (χ1v) is 8.27. The summed E-state index contributed by atoms with van der Waals surface area (Å²) in [4.78, 5) is 11.1. The van der Waals surface area contributed by atoms with Gasteiger partial charge in [0.2, 0.25) is 15.9 Å². The topological polar surface area (TPSA) is 89.7 Å². The molecule has 0 heterocycles. The molecule has 1 aromatic carbocycles. The minimum absolute atomic E-state index is 0.292. The molecule has 1 amide bonds. The van der Waals surface area contributed by atoms with Crippen LogP contribution in [0.2, 0.25) is 5.02 Å². The third-order valence-corrected chi connectivity index (χ3v) is 5.14. The van der Waals surface area contributed by atoms with Crippen LogP contribution < -0.4 is 10.5 Å². The van der Waals surface area contributed by atoms with Crippen molar-refractivity contribution < 1.29 is 17.9 Å². The first kappa shape index (κ1) is 17.7. The third-order valence-electron chi connectivity index (χ3n) is 2.87. The Kier molecular flexibility index (Phi) is 6.00. The van der Waals surface area contributed by atoms with Crippen molar-refractivity contribution >= 4 is 27.5 Å². The summed E-state index contributed by atoms with van der Waals surface area (Å²) in [6, 6.07) is 4.49. The van der Waals surface area contributed by atoms with E-state index in [1.807, 2.05) is 0 Å². The lowest BCUT2D eigenvalue weighted by atomic mass is 10.2. The Morgan fingerprint density at radius 1 is 1.43 bits per heavy atom. The molecule has 2 N–H and O–H groups in total. The van der Waals surface area contributed by atoms with E-state index in [2.05, 4.69) is 0 Å². The zero-order valence-corrected chi connectivity index (χ0v) is 13.7. The molecule has 0 saturated carbocycles. The highest BCUT2D eigenvalue weighted by atomic mass is 35.5. The second-order valence-corrected chi connectivity index (χ2v) is 7.11. The number of primary amides is 1. The molecule has 0 unspecified atom stereocenters. The first-order valence-electron chi connectivity index (χ1n) is 6.28. The van der Waals surface area contributed by atoms with Crippen LogP contribution in [0.25, 0.3) is 0 Å². The van der Waals surface area contributed by atoms with Crippen molar-refractivity contribution in [2.45, 2.75) is 25.6 Å². The van der Waals surface area contributed by atoms with Crippen molar-refractivity contribution in [1.82, 2.24) is 4.31 Å². The van der Waals surface area contributed by atoms with Gasteiger partial charge in [0.15, 0.2) is 0 Å². The highest BCUT2D eigenvalue weighted by molar-refractivity contribution is 7.88. The molecule has 0 fully saturated rings. The number of halogens is 1. The van der Waals surface area contributed by atoms with Gasteiger partial charge in [0, 0.05) is 16.6 Å². The van der Waals surface area contributed by atoms with Gasteiger partial charge in [-0.25, -0.2) is 8.42 Å². The predicted molar refractivity (Wildman–Crippen MR) is 81.7 cm³/mol.